The van der Waals surface area contributed by atoms with Crippen molar-refractivity contribution in [2.45, 2.75) is 13.0 Å². The number of nitrogens with two attached hydrogens (primary N) is 1. The monoisotopic (exact) mass is 298 g/mol. The van der Waals surface area contributed by atoms with Gasteiger partial charge in [0.25, 0.3) is 11.7 Å². The van der Waals surface area contributed by atoms with E-state index in [-0.39, 0.29) is 6.04 Å². The summed E-state index contributed by atoms with van der Waals surface area (Å²) in [7, 11) is 0. The highest BCUT2D eigenvalue weighted by molar-refractivity contribution is 5.92. The molecule has 1 fully saturated rings. The van der Waals surface area contributed by atoms with Crippen LogP contribution in [-0.2, 0) is 0 Å². The van der Waals surface area contributed by atoms with Gasteiger partial charge >= 0.3 is 0 Å². The molecule has 0 aromatic carbocycles. The highest BCUT2D eigenvalue weighted by atomic mass is 16.1. The topological polar surface area (TPSA) is 107 Å². The van der Waals surface area contributed by atoms with Gasteiger partial charge in [0.15, 0.2) is 0 Å². The molecule has 3 aromatic rings. The molecule has 3 aromatic heterocycles. The van der Waals surface area contributed by atoms with E-state index in [1.807, 2.05) is 13.0 Å². The minimum Gasteiger partial charge on any atom is -0.366 e. The first-order chi connectivity index (χ1) is 10.6. The third-order valence-electron chi connectivity index (χ3n) is 3.81. The molecular weight excluding hydrogens is 284 g/mol. The fourth-order valence-corrected chi connectivity index (χ4v) is 2.61. The minimum absolute atomic E-state index is 0.208. The van der Waals surface area contributed by atoms with E-state index in [4.69, 9.17) is 5.73 Å². The maximum atomic E-state index is 11.1. The normalized spacial score (nSPS) is 15.2. The summed E-state index contributed by atoms with van der Waals surface area (Å²) in [5.74, 6) is 1.09. The fraction of sp³-hybridized carbons (Fsp3) is 0.308. The summed E-state index contributed by atoms with van der Waals surface area (Å²) >= 11 is 0. The van der Waals surface area contributed by atoms with Crippen molar-refractivity contribution >= 4 is 17.5 Å². The van der Waals surface area contributed by atoms with E-state index in [9.17, 15) is 4.79 Å². The molecule has 112 valence electrons. The smallest absolute Gasteiger partial charge is 0.254 e. The Labute approximate surface area is 125 Å². The summed E-state index contributed by atoms with van der Waals surface area (Å²) in [5.41, 5.74) is 6.57. The first-order valence-electron chi connectivity index (χ1n) is 6.88. The fourth-order valence-electron chi connectivity index (χ4n) is 2.61. The number of hydrogen-bond donors (Lipinski definition) is 1. The lowest BCUT2D eigenvalue weighted by Gasteiger charge is -2.40. The van der Waals surface area contributed by atoms with Crippen LogP contribution in [0.4, 0.5) is 5.82 Å². The minimum atomic E-state index is -0.462. The molecule has 1 saturated heterocycles. The van der Waals surface area contributed by atoms with Crippen LogP contribution < -0.4 is 10.6 Å². The number of rotatable bonds is 3. The van der Waals surface area contributed by atoms with Crippen LogP contribution in [0.25, 0.3) is 5.78 Å². The Morgan fingerprint density at radius 2 is 2.18 bits per heavy atom. The average Bonchev–Trinajstić information content (AvgIpc) is 3.05. The van der Waals surface area contributed by atoms with Crippen LogP contribution in [0.15, 0.2) is 24.8 Å². The number of hydrogen-bond acceptors (Lipinski definition) is 6. The molecule has 0 spiro atoms. The largest absolute Gasteiger partial charge is 0.366 e. The predicted molar refractivity (Wildman–Crippen MR) is 77.5 cm³/mol. The average molecular weight is 298 g/mol. The van der Waals surface area contributed by atoms with Gasteiger partial charge in [0.1, 0.15) is 12.1 Å². The van der Waals surface area contributed by atoms with Crippen molar-refractivity contribution < 1.29 is 4.79 Å². The highest BCUT2D eigenvalue weighted by Gasteiger charge is 2.31. The molecule has 4 heterocycles. The van der Waals surface area contributed by atoms with Crippen LogP contribution in [0.1, 0.15) is 22.1 Å². The SMILES string of the molecule is Cc1cc(N2CC(n3cc(C(N)=O)cn3)C2)n2ncnc2n1. The van der Waals surface area contributed by atoms with Crippen molar-refractivity contribution in [3.05, 3.63) is 36.0 Å². The number of carbonyl (C=O) groups excluding carboxylic acids is 1. The Balaban J connectivity index is 1.57. The van der Waals surface area contributed by atoms with Crippen molar-refractivity contribution in [1.82, 2.24) is 29.4 Å². The van der Waals surface area contributed by atoms with E-state index in [0.717, 1.165) is 24.6 Å². The molecule has 0 atom stereocenters. The lowest BCUT2D eigenvalue weighted by atomic mass is 10.1. The zero-order chi connectivity index (χ0) is 15.3. The number of nitrogens with zero attached hydrogens (tertiary/aromatic N) is 7. The van der Waals surface area contributed by atoms with Crippen molar-refractivity contribution in [2.24, 2.45) is 5.73 Å². The zero-order valence-corrected chi connectivity index (χ0v) is 11.9. The summed E-state index contributed by atoms with van der Waals surface area (Å²) in [6.45, 7) is 3.48. The summed E-state index contributed by atoms with van der Waals surface area (Å²) in [5, 5.41) is 8.41. The van der Waals surface area contributed by atoms with Gasteiger partial charge in [-0.1, -0.05) is 0 Å². The molecule has 1 aliphatic rings. The number of carbonyl (C=O) groups is 1. The Morgan fingerprint density at radius 3 is 2.91 bits per heavy atom. The molecule has 0 radical (unpaired) electrons. The molecule has 0 unspecified atom stereocenters. The highest BCUT2D eigenvalue weighted by Crippen LogP contribution is 2.27. The van der Waals surface area contributed by atoms with Gasteiger partial charge in [-0.2, -0.15) is 19.7 Å². The Morgan fingerprint density at radius 1 is 1.36 bits per heavy atom. The van der Waals surface area contributed by atoms with Crippen LogP contribution in [0.2, 0.25) is 0 Å². The summed E-state index contributed by atoms with van der Waals surface area (Å²) in [4.78, 5) is 21.7. The lowest BCUT2D eigenvalue weighted by Crippen LogP contribution is -2.48. The van der Waals surface area contributed by atoms with Gasteiger partial charge in [-0.15, -0.1) is 0 Å². The van der Waals surface area contributed by atoms with E-state index in [2.05, 4.69) is 25.1 Å². The van der Waals surface area contributed by atoms with E-state index < -0.39 is 5.91 Å². The lowest BCUT2D eigenvalue weighted by molar-refractivity contribution is 0.1000. The van der Waals surface area contributed by atoms with Gasteiger partial charge in [0.05, 0.1) is 17.8 Å². The van der Waals surface area contributed by atoms with E-state index in [1.165, 1.54) is 12.5 Å². The Bertz CT molecular complexity index is 860. The molecule has 9 nitrogen and oxygen atoms in total. The summed E-state index contributed by atoms with van der Waals surface area (Å²) in [6, 6.07) is 2.19. The van der Waals surface area contributed by atoms with Gasteiger partial charge < -0.3 is 10.6 Å². The number of fused-ring (bicyclic) bond motifs is 1. The Kier molecular flexibility index (Phi) is 2.62. The number of aromatic nitrogens is 6. The molecule has 0 saturated carbocycles. The van der Waals surface area contributed by atoms with Crippen LogP contribution in [0, 0.1) is 6.92 Å². The van der Waals surface area contributed by atoms with Crippen LogP contribution in [0.5, 0.6) is 0 Å². The second-order valence-electron chi connectivity index (χ2n) is 5.36. The summed E-state index contributed by atoms with van der Waals surface area (Å²) < 4.78 is 3.50. The molecule has 1 aliphatic heterocycles. The molecule has 1 amide bonds. The quantitative estimate of drug-likeness (QED) is 0.717. The van der Waals surface area contributed by atoms with E-state index in [1.54, 1.807) is 15.4 Å². The van der Waals surface area contributed by atoms with E-state index in [0.29, 0.717) is 11.3 Å². The maximum absolute atomic E-state index is 11.1. The molecular formula is C13H14N8O. The van der Waals surface area contributed by atoms with Crippen molar-refractivity contribution in [3.8, 4) is 0 Å². The number of anilines is 1. The van der Waals surface area contributed by atoms with Crippen LogP contribution in [-0.4, -0.2) is 48.4 Å². The van der Waals surface area contributed by atoms with Crippen molar-refractivity contribution in [2.75, 3.05) is 18.0 Å². The molecule has 9 heteroatoms. The molecule has 2 N–H and O–H groups in total. The van der Waals surface area contributed by atoms with Gasteiger partial charge in [0, 0.05) is 31.0 Å². The second-order valence-corrected chi connectivity index (χ2v) is 5.36. The third kappa shape index (κ3) is 1.90. The predicted octanol–water partition coefficient (Wildman–Crippen LogP) is -0.211. The number of amides is 1. The second kappa shape index (κ2) is 4.52. The molecule has 0 bridgehead atoms. The van der Waals surface area contributed by atoms with Gasteiger partial charge in [-0.05, 0) is 6.92 Å². The molecule has 4 rings (SSSR count). The maximum Gasteiger partial charge on any atom is 0.254 e. The molecule has 0 aliphatic carbocycles. The third-order valence-corrected chi connectivity index (χ3v) is 3.81. The summed E-state index contributed by atoms with van der Waals surface area (Å²) in [6.07, 6.45) is 4.68. The standard InChI is InChI=1S/C13H14N8O/c1-8-2-11(21-13(18-8)15-7-17-21)19-5-10(6-19)20-4-9(3-16-20)12(14)22/h2-4,7,10H,5-6H2,1H3,(H2,14,22). The Hall–Kier alpha value is -2.97. The molecule has 22 heavy (non-hydrogen) atoms. The first kappa shape index (κ1) is 12.7. The van der Waals surface area contributed by atoms with Crippen molar-refractivity contribution in [1.29, 1.82) is 0 Å². The van der Waals surface area contributed by atoms with Crippen molar-refractivity contribution in [3.63, 3.8) is 0 Å². The first-order valence-corrected chi connectivity index (χ1v) is 6.88. The number of aryl methyl sites for hydroxylation is 1. The van der Waals surface area contributed by atoms with Gasteiger partial charge in [-0.25, -0.2) is 4.98 Å². The van der Waals surface area contributed by atoms with E-state index >= 15 is 0 Å². The number of primary amides is 1. The van der Waals surface area contributed by atoms with Gasteiger partial charge in [-0.3, -0.25) is 9.48 Å². The van der Waals surface area contributed by atoms with Gasteiger partial charge in [0.2, 0.25) is 0 Å². The van der Waals surface area contributed by atoms with Crippen LogP contribution in [0.3, 0.4) is 0 Å². The zero-order valence-electron chi connectivity index (χ0n) is 11.9. The van der Waals surface area contributed by atoms with Crippen LogP contribution >= 0.6 is 0 Å².